The first-order valence-electron chi connectivity index (χ1n) is 7.06. The van der Waals surface area contributed by atoms with Gasteiger partial charge in [-0.3, -0.25) is 0 Å². The predicted octanol–water partition coefficient (Wildman–Crippen LogP) is 4.83. The normalized spacial score (nSPS) is 19.8. The molecule has 0 radical (unpaired) electrons. The smallest absolute Gasteiger partial charge is 0.0375 e. The Kier molecular flexibility index (Phi) is 7.69. The van der Waals surface area contributed by atoms with Crippen molar-refractivity contribution in [2.75, 3.05) is 6.54 Å². The zero-order chi connectivity index (χ0) is 13.3. The summed E-state index contributed by atoms with van der Waals surface area (Å²) >= 11 is 0. The number of nitrogens with one attached hydrogen (secondary N) is 1. The summed E-state index contributed by atoms with van der Waals surface area (Å²) in [5.74, 6) is 0. The Morgan fingerprint density at radius 1 is 1.18 bits per heavy atom. The number of allylic oxidation sites excluding steroid dienone is 3. The van der Waals surface area contributed by atoms with Gasteiger partial charge in [-0.05, 0) is 31.4 Å². The molecular weight excluding hydrogens is 206 g/mol. The molecule has 0 bridgehead atoms. The maximum Gasteiger partial charge on any atom is 0.0375 e. The van der Waals surface area contributed by atoms with Crippen LogP contribution in [0.4, 0.5) is 0 Å². The molecular formula is C16H29N. The molecule has 1 spiro atoms. The predicted molar refractivity (Wildman–Crippen MR) is 79.0 cm³/mol. The lowest BCUT2D eigenvalue weighted by molar-refractivity contribution is 0.207. The van der Waals surface area contributed by atoms with Gasteiger partial charge in [0.05, 0.1) is 0 Å². The summed E-state index contributed by atoms with van der Waals surface area (Å²) in [4.78, 5) is 0. The van der Waals surface area contributed by atoms with Gasteiger partial charge in [0.1, 0.15) is 0 Å². The van der Waals surface area contributed by atoms with E-state index in [2.05, 4.69) is 31.0 Å². The van der Waals surface area contributed by atoms with Gasteiger partial charge in [0.2, 0.25) is 0 Å². The summed E-state index contributed by atoms with van der Waals surface area (Å²) in [5.41, 5.74) is 3.19. The van der Waals surface area contributed by atoms with Gasteiger partial charge in [-0.1, -0.05) is 52.8 Å². The average molecular weight is 235 g/mol. The molecule has 98 valence electrons. The van der Waals surface area contributed by atoms with Crippen LogP contribution in [0.5, 0.6) is 0 Å². The molecule has 0 amide bonds. The molecule has 0 aromatic rings. The monoisotopic (exact) mass is 235 g/mol. The average Bonchev–Trinajstić information content (AvgIpc) is 2.73. The van der Waals surface area contributed by atoms with Gasteiger partial charge in [-0.15, -0.1) is 0 Å². The van der Waals surface area contributed by atoms with Crippen molar-refractivity contribution in [3.63, 3.8) is 0 Å². The third kappa shape index (κ3) is 3.24. The van der Waals surface area contributed by atoms with E-state index in [9.17, 15) is 0 Å². The third-order valence-electron chi connectivity index (χ3n) is 3.33. The zero-order valence-electron chi connectivity index (χ0n) is 12.3. The van der Waals surface area contributed by atoms with Crippen LogP contribution in [-0.4, -0.2) is 6.54 Å². The molecule has 1 fully saturated rings. The molecule has 1 N–H and O–H groups in total. The SMILES string of the molecule is C=CC1=C(/C=C\C)NCC12CCC2.CC.CC. The van der Waals surface area contributed by atoms with Gasteiger partial charge in [-0.25, -0.2) is 0 Å². The minimum Gasteiger partial charge on any atom is -0.384 e. The second kappa shape index (κ2) is 8.16. The molecule has 2 aliphatic rings. The first-order chi connectivity index (χ1) is 8.32. The number of hydrogen-bond acceptors (Lipinski definition) is 1. The van der Waals surface area contributed by atoms with Crippen LogP contribution in [-0.2, 0) is 0 Å². The van der Waals surface area contributed by atoms with Gasteiger partial charge in [0, 0.05) is 17.7 Å². The van der Waals surface area contributed by atoms with Crippen LogP contribution in [0, 0.1) is 5.41 Å². The molecule has 0 saturated heterocycles. The van der Waals surface area contributed by atoms with Gasteiger partial charge >= 0.3 is 0 Å². The number of rotatable bonds is 2. The molecule has 0 aromatic heterocycles. The molecule has 17 heavy (non-hydrogen) atoms. The van der Waals surface area contributed by atoms with Gasteiger partial charge in [-0.2, -0.15) is 0 Å². The standard InChI is InChI=1S/C12H17N.2C2H6/c1-3-6-11-10(4-2)12(9-13-11)7-5-8-12;2*1-2/h3-4,6,13H,2,5,7-9H2,1H3;2*1-2H3/b6-3-;;. The lowest BCUT2D eigenvalue weighted by Gasteiger charge is -2.39. The summed E-state index contributed by atoms with van der Waals surface area (Å²) in [5, 5.41) is 3.47. The van der Waals surface area contributed by atoms with E-state index in [1.165, 1.54) is 30.5 Å². The highest BCUT2D eigenvalue weighted by Gasteiger charge is 2.43. The van der Waals surface area contributed by atoms with Crippen molar-refractivity contribution in [2.24, 2.45) is 5.41 Å². The van der Waals surface area contributed by atoms with E-state index in [-0.39, 0.29) is 0 Å². The maximum absolute atomic E-state index is 3.92. The van der Waals surface area contributed by atoms with Crippen molar-refractivity contribution in [1.29, 1.82) is 0 Å². The molecule has 1 heterocycles. The van der Waals surface area contributed by atoms with E-state index in [0.29, 0.717) is 5.41 Å². The van der Waals surface area contributed by atoms with Crippen molar-refractivity contribution in [2.45, 2.75) is 53.9 Å². The van der Waals surface area contributed by atoms with Crippen LogP contribution < -0.4 is 5.32 Å². The van der Waals surface area contributed by atoms with Crippen molar-refractivity contribution in [3.05, 3.63) is 36.1 Å². The molecule has 0 aromatic carbocycles. The quantitative estimate of drug-likeness (QED) is 0.723. The summed E-state index contributed by atoms with van der Waals surface area (Å²) in [6.07, 6.45) is 10.3. The van der Waals surface area contributed by atoms with Crippen molar-refractivity contribution >= 4 is 0 Å². The highest BCUT2D eigenvalue weighted by atomic mass is 14.9. The molecule has 1 heteroatoms. The molecule has 1 nitrogen and oxygen atoms in total. The van der Waals surface area contributed by atoms with E-state index >= 15 is 0 Å². The van der Waals surface area contributed by atoms with Crippen molar-refractivity contribution in [3.8, 4) is 0 Å². The molecule has 1 aliphatic heterocycles. The van der Waals surface area contributed by atoms with E-state index in [4.69, 9.17) is 0 Å². The second-order valence-corrected chi connectivity index (χ2v) is 4.02. The Hall–Kier alpha value is -0.980. The van der Waals surface area contributed by atoms with Crippen LogP contribution in [0.15, 0.2) is 36.1 Å². The summed E-state index contributed by atoms with van der Waals surface area (Å²) in [6.45, 7) is 15.1. The van der Waals surface area contributed by atoms with E-state index in [1.54, 1.807) is 0 Å². The largest absolute Gasteiger partial charge is 0.384 e. The van der Waals surface area contributed by atoms with E-state index in [0.717, 1.165) is 6.54 Å². The fourth-order valence-corrected chi connectivity index (χ4v) is 2.43. The first-order valence-corrected chi connectivity index (χ1v) is 7.06. The van der Waals surface area contributed by atoms with Crippen LogP contribution in [0.25, 0.3) is 0 Å². The van der Waals surface area contributed by atoms with Crippen LogP contribution >= 0.6 is 0 Å². The topological polar surface area (TPSA) is 12.0 Å². The second-order valence-electron chi connectivity index (χ2n) is 4.02. The van der Waals surface area contributed by atoms with Gasteiger partial charge < -0.3 is 5.32 Å². The minimum absolute atomic E-state index is 0.455. The Balaban J connectivity index is 0.000000581. The summed E-state index contributed by atoms with van der Waals surface area (Å²) < 4.78 is 0. The first kappa shape index (κ1) is 16.0. The Morgan fingerprint density at radius 2 is 1.76 bits per heavy atom. The van der Waals surface area contributed by atoms with Gasteiger partial charge in [0.15, 0.2) is 0 Å². The van der Waals surface area contributed by atoms with Crippen LogP contribution in [0.1, 0.15) is 53.9 Å². The molecule has 0 atom stereocenters. The molecule has 1 aliphatic carbocycles. The highest BCUT2D eigenvalue weighted by Crippen LogP contribution is 2.50. The highest BCUT2D eigenvalue weighted by molar-refractivity contribution is 5.42. The number of hydrogen-bond donors (Lipinski definition) is 1. The van der Waals surface area contributed by atoms with Crippen LogP contribution in [0.2, 0.25) is 0 Å². The third-order valence-corrected chi connectivity index (χ3v) is 3.33. The van der Waals surface area contributed by atoms with Gasteiger partial charge in [0.25, 0.3) is 0 Å². The van der Waals surface area contributed by atoms with Crippen LogP contribution in [0.3, 0.4) is 0 Å². The van der Waals surface area contributed by atoms with Crippen molar-refractivity contribution < 1.29 is 0 Å². The van der Waals surface area contributed by atoms with E-state index < -0.39 is 0 Å². The summed E-state index contributed by atoms with van der Waals surface area (Å²) in [6, 6.07) is 0. The Morgan fingerprint density at radius 3 is 2.12 bits per heavy atom. The van der Waals surface area contributed by atoms with Crippen molar-refractivity contribution in [1.82, 2.24) is 5.32 Å². The van der Waals surface area contributed by atoms with E-state index in [1.807, 2.05) is 33.8 Å². The fraction of sp³-hybridized carbons (Fsp3) is 0.625. The lowest BCUT2D eigenvalue weighted by Crippen LogP contribution is -2.34. The maximum atomic E-state index is 3.92. The molecule has 2 rings (SSSR count). The minimum atomic E-state index is 0.455. The molecule has 0 unspecified atom stereocenters. The lowest BCUT2D eigenvalue weighted by atomic mass is 9.65. The Bertz CT molecular complexity index is 280. The molecule has 1 saturated carbocycles. The Labute approximate surface area is 108 Å². The zero-order valence-corrected chi connectivity index (χ0v) is 12.3. The fourth-order valence-electron chi connectivity index (χ4n) is 2.43. The summed E-state index contributed by atoms with van der Waals surface area (Å²) in [7, 11) is 0.